The smallest absolute Gasteiger partial charge is 0.184 e. The Balaban J connectivity index is 0.968. The Morgan fingerprint density at radius 1 is 0.266 bits per heavy atom. The van der Waals surface area contributed by atoms with Crippen LogP contribution in [0.2, 0.25) is 0 Å². The fourth-order valence-corrected chi connectivity index (χ4v) is 16.1. The summed E-state index contributed by atoms with van der Waals surface area (Å²) in [7, 11) is -2.78. The molecule has 3 heteroatoms. The van der Waals surface area contributed by atoms with Crippen molar-refractivity contribution >= 4 is 62.9 Å². The second-order valence-corrected chi connectivity index (χ2v) is 20.5. The van der Waals surface area contributed by atoms with Crippen molar-refractivity contribution in [2.45, 2.75) is 5.41 Å². The van der Waals surface area contributed by atoms with E-state index in [-0.39, 0.29) is 0 Å². The van der Waals surface area contributed by atoms with E-state index in [2.05, 4.69) is 277 Å². The van der Waals surface area contributed by atoms with Gasteiger partial charge in [0.25, 0.3) is 0 Å². The van der Waals surface area contributed by atoms with Crippen LogP contribution in [0, 0.1) is 0 Å². The predicted octanol–water partition coefficient (Wildman–Crippen LogP) is 12.7. The molecule has 0 saturated heterocycles. The van der Waals surface area contributed by atoms with E-state index in [1.165, 1.54) is 82.6 Å². The summed E-state index contributed by atoms with van der Waals surface area (Å²) in [6, 6.07) is 98.9. The lowest BCUT2D eigenvalue weighted by Crippen LogP contribution is -2.77. The third kappa shape index (κ3) is 5.64. The molecule has 0 spiro atoms. The minimum Gasteiger partial charge on any atom is -0.311 e. The second kappa shape index (κ2) is 15.4. The molecule has 0 unspecified atom stereocenters. The number of fused-ring (bicyclic) bond motifs is 4. The quantitative estimate of drug-likeness (QED) is 0.148. The van der Waals surface area contributed by atoms with Crippen LogP contribution >= 0.6 is 0 Å². The van der Waals surface area contributed by atoms with Crippen LogP contribution in [0.25, 0.3) is 11.1 Å². The fraction of sp³-hybridized carbons (Fsp3) is 0.0164. The molecule has 0 saturated carbocycles. The minimum absolute atomic E-state index is 0.493. The topological polar surface area (TPSA) is 6.48 Å². The van der Waals surface area contributed by atoms with Crippen molar-refractivity contribution in [2.75, 3.05) is 9.80 Å². The van der Waals surface area contributed by atoms with Crippen molar-refractivity contribution in [3.8, 4) is 11.1 Å². The third-order valence-corrected chi connectivity index (χ3v) is 18.5. The Hall–Kier alpha value is -7.98. The normalized spacial score (nSPS) is 14.1. The van der Waals surface area contributed by atoms with Gasteiger partial charge in [-0.3, -0.25) is 0 Å². The summed E-state index contributed by atoms with van der Waals surface area (Å²) in [5.74, 6) is 0. The fourth-order valence-electron chi connectivity index (χ4n) is 11.0. The van der Waals surface area contributed by atoms with Gasteiger partial charge in [-0.25, -0.2) is 0 Å². The number of nitrogens with zero attached hydrogens (tertiary/aromatic N) is 2. The van der Waals surface area contributed by atoms with Crippen LogP contribution < -0.4 is 30.5 Å². The standard InChI is InChI=1S/C61H44N2Si/c1-5-21-47(22-6-1)61(48-23-7-2-8-24-48)53-29-13-15-31-55(53)62(56-32-16-14-30-54(56)61)50-41-37-45(38-42-50)46-39-43-52(44-40-46)64(51-27-11-4-12-28-51)59-35-19-17-33-57(59)63(49-25-9-3-10-26-49)58-34-18-20-36-60(58)64/h1-44H. The Bertz CT molecular complexity index is 3120. The molecule has 2 aliphatic heterocycles. The third-order valence-electron chi connectivity index (χ3n) is 13.6. The molecule has 0 bridgehead atoms. The van der Waals surface area contributed by atoms with E-state index in [1.54, 1.807) is 0 Å². The zero-order chi connectivity index (χ0) is 42.5. The minimum atomic E-state index is -2.78. The van der Waals surface area contributed by atoms with Gasteiger partial charge < -0.3 is 9.80 Å². The highest BCUT2D eigenvalue weighted by atomic mass is 28.3. The maximum Gasteiger partial charge on any atom is 0.184 e. The SMILES string of the molecule is c1ccc(N2c3ccccc3[Si](c3ccccc3)(c3ccc(-c4ccc(N5c6ccccc6C(c6ccccc6)(c6ccccc6)c6ccccc65)cc4)cc3)c3ccccc32)cc1. The van der Waals surface area contributed by atoms with Gasteiger partial charge >= 0.3 is 0 Å². The molecule has 10 aromatic carbocycles. The summed E-state index contributed by atoms with van der Waals surface area (Å²) >= 11 is 0. The van der Waals surface area contributed by atoms with E-state index < -0.39 is 13.5 Å². The van der Waals surface area contributed by atoms with E-state index >= 15 is 0 Å². The first-order chi connectivity index (χ1) is 31.8. The first kappa shape index (κ1) is 37.8. The maximum absolute atomic E-state index is 2.78. The van der Waals surface area contributed by atoms with E-state index in [1.807, 2.05) is 0 Å². The molecule has 2 aliphatic rings. The van der Waals surface area contributed by atoms with Crippen molar-refractivity contribution in [2.24, 2.45) is 0 Å². The van der Waals surface area contributed by atoms with Crippen LogP contribution in [0.5, 0.6) is 0 Å². The molecule has 2 nitrogen and oxygen atoms in total. The van der Waals surface area contributed by atoms with Gasteiger partial charge in [-0.15, -0.1) is 0 Å². The van der Waals surface area contributed by atoms with Crippen LogP contribution in [0.3, 0.4) is 0 Å². The Morgan fingerprint density at radius 3 is 1.11 bits per heavy atom. The molecule has 0 fully saturated rings. The summed E-state index contributed by atoms with van der Waals surface area (Å²) in [5, 5.41) is 5.54. The molecular formula is C61H44N2Si. The van der Waals surface area contributed by atoms with Gasteiger partial charge in [0, 0.05) is 22.7 Å². The van der Waals surface area contributed by atoms with E-state index in [0.717, 1.165) is 5.69 Å². The van der Waals surface area contributed by atoms with Crippen molar-refractivity contribution in [3.05, 3.63) is 289 Å². The number of hydrogen-bond acceptors (Lipinski definition) is 2. The Labute approximate surface area is 376 Å². The van der Waals surface area contributed by atoms with Gasteiger partial charge in [0.2, 0.25) is 0 Å². The van der Waals surface area contributed by atoms with Gasteiger partial charge in [0.05, 0.1) is 16.8 Å². The molecule has 10 aromatic rings. The zero-order valence-electron chi connectivity index (χ0n) is 35.3. The average Bonchev–Trinajstić information content (AvgIpc) is 3.38. The number of hydrogen-bond donors (Lipinski definition) is 0. The Kier molecular flexibility index (Phi) is 9.10. The van der Waals surface area contributed by atoms with Gasteiger partial charge in [-0.1, -0.05) is 218 Å². The molecule has 0 aliphatic carbocycles. The molecule has 0 amide bonds. The highest BCUT2D eigenvalue weighted by Crippen LogP contribution is 2.57. The number of para-hydroxylation sites is 5. The van der Waals surface area contributed by atoms with Crippen LogP contribution in [-0.4, -0.2) is 8.07 Å². The van der Waals surface area contributed by atoms with Crippen molar-refractivity contribution in [1.29, 1.82) is 0 Å². The van der Waals surface area contributed by atoms with Crippen molar-refractivity contribution in [1.82, 2.24) is 0 Å². The first-order valence-electron chi connectivity index (χ1n) is 22.2. The lowest BCUT2D eigenvalue weighted by molar-refractivity contribution is 0.731. The van der Waals surface area contributed by atoms with Crippen LogP contribution in [0.4, 0.5) is 34.1 Å². The molecule has 0 radical (unpaired) electrons. The molecule has 64 heavy (non-hydrogen) atoms. The van der Waals surface area contributed by atoms with Gasteiger partial charge in [-0.2, -0.15) is 0 Å². The van der Waals surface area contributed by atoms with Crippen LogP contribution in [0.15, 0.2) is 267 Å². The summed E-state index contributed by atoms with van der Waals surface area (Å²) in [5.41, 5.74) is 14.1. The summed E-state index contributed by atoms with van der Waals surface area (Å²) in [6.45, 7) is 0. The van der Waals surface area contributed by atoms with Crippen molar-refractivity contribution in [3.63, 3.8) is 0 Å². The molecule has 2 heterocycles. The molecule has 0 N–H and O–H groups in total. The highest BCUT2D eigenvalue weighted by Gasteiger charge is 2.49. The lowest BCUT2D eigenvalue weighted by atomic mass is 9.62. The first-order valence-corrected chi connectivity index (χ1v) is 24.2. The van der Waals surface area contributed by atoms with Gasteiger partial charge in [0.1, 0.15) is 0 Å². The number of anilines is 6. The lowest BCUT2D eigenvalue weighted by Gasteiger charge is -2.46. The molecule has 0 aromatic heterocycles. The summed E-state index contributed by atoms with van der Waals surface area (Å²) < 4.78 is 0. The number of benzene rings is 10. The predicted molar refractivity (Wildman–Crippen MR) is 270 cm³/mol. The van der Waals surface area contributed by atoms with Crippen LogP contribution in [0.1, 0.15) is 22.3 Å². The van der Waals surface area contributed by atoms with E-state index in [0.29, 0.717) is 0 Å². The van der Waals surface area contributed by atoms with Crippen molar-refractivity contribution < 1.29 is 0 Å². The summed E-state index contributed by atoms with van der Waals surface area (Å²) in [4.78, 5) is 4.91. The van der Waals surface area contributed by atoms with Crippen LogP contribution in [-0.2, 0) is 5.41 Å². The largest absolute Gasteiger partial charge is 0.311 e. The van der Waals surface area contributed by atoms with Gasteiger partial charge in [-0.05, 0) is 103 Å². The second-order valence-electron chi connectivity index (χ2n) is 16.8. The Morgan fingerprint density at radius 2 is 0.609 bits per heavy atom. The van der Waals surface area contributed by atoms with E-state index in [4.69, 9.17) is 0 Å². The number of rotatable bonds is 7. The van der Waals surface area contributed by atoms with E-state index in [9.17, 15) is 0 Å². The average molecular weight is 833 g/mol. The molecule has 302 valence electrons. The molecular weight excluding hydrogens is 789 g/mol. The molecule has 12 rings (SSSR count). The summed E-state index contributed by atoms with van der Waals surface area (Å²) in [6.07, 6.45) is 0. The highest BCUT2D eigenvalue weighted by molar-refractivity contribution is 7.21. The van der Waals surface area contributed by atoms with Gasteiger partial charge in [0.15, 0.2) is 8.07 Å². The monoisotopic (exact) mass is 832 g/mol. The molecule has 0 atom stereocenters. The maximum atomic E-state index is 2.46. The zero-order valence-corrected chi connectivity index (χ0v) is 36.3.